The van der Waals surface area contributed by atoms with Crippen LogP contribution in [-0.2, 0) is 0 Å². The van der Waals surface area contributed by atoms with Crippen LogP contribution in [0.25, 0.3) is 0 Å². The van der Waals surface area contributed by atoms with Crippen LogP contribution in [0, 0.1) is 6.92 Å². The molecule has 0 aliphatic carbocycles. The van der Waals surface area contributed by atoms with Crippen molar-refractivity contribution in [3.05, 3.63) is 52.8 Å². The molecule has 1 heterocycles. The van der Waals surface area contributed by atoms with Gasteiger partial charge in [0.25, 0.3) is 5.91 Å². The summed E-state index contributed by atoms with van der Waals surface area (Å²) >= 11 is 5.82. The molecule has 5 heteroatoms. The molecule has 2 aromatic rings. The molecular formula is C15H16ClN3O. The molecule has 4 nitrogen and oxygen atoms in total. The summed E-state index contributed by atoms with van der Waals surface area (Å²) in [5, 5.41) is 6.63. The van der Waals surface area contributed by atoms with Gasteiger partial charge in [0.1, 0.15) is 0 Å². The summed E-state index contributed by atoms with van der Waals surface area (Å²) < 4.78 is 0. The van der Waals surface area contributed by atoms with Crippen LogP contribution in [0.2, 0.25) is 5.02 Å². The molecule has 0 fully saturated rings. The Balaban J connectivity index is 2.22. The number of aromatic nitrogens is 1. The fourth-order valence-corrected chi connectivity index (χ4v) is 1.94. The monoisotopic (exact) mass is 289 g/mol. The van der Waals surface area contributed by atoms with E-state index >= 15 is 0 Å². The first kappa shape index (κ1) is 14.3. The summed E-state index contributed by atoms with van der Waals surface area (Å²) in [7, 11) is 0. The number of benzene rings is 1. The van der Waals surface area contributed by atoms with Gasteiger partial charge < -0.3 is 10.6 Å². The van der Waals surface area contributed by atoms with Gasteiger partial charge in [0.2, 0.25) is 0 Å². The minimum Gasteiger partial charge on any atom is -0.385 e. The minimum atomic E-state index is -0.198. The van der Waals surface area contributed by atoms with Crippen LogP contribution in [0.5, 0.6) is 0 Å². The van der Waals surface area contributed by atoms with Gasteiger partial charge in [-0.15, -0.1) is 0 Å². The number of hydrogen-bond acceptors (Lipinski definition) is 3. The number of rotatable bonds is 4. The third-order valence-corrected chi connectivity index (χ3v) is 3.01. The zero-order chi connectivity index (χ0) is 14.5. The molecule has 0 atom stereocenters. The van der Waals surface area contributed by atoms with Crippen LogP contribution >= 0.6 is 11.6 Å². The molecule has 1 amide bonds. The Bertz CT molecular complexity index is 611. The molecule has 0 spiro atoms. The molecule has 0 bridgehead atoms. The van der Waals surface area contributed by atoms with Crippen molar-refractivity contribution in [1.29, 1.82) is 0 Å². The van der Waals surface area contributed by atoms with E-state index in [1.54, 1.807) is 30.5 Å². The second-order valence-electron chi connectivity index (χ2n) is 4.36. The van der Waals surface area contributed by atoms with E-state index in [0.29, 0.717) is 16.3 Å². The number of carbonyl (C=O) groups excluding carboxylic acids is 1. The third kappa shape index (κ3) is 3.48. The lowest BCUT2D eigenvalue weighted by Gasteiger charge is -2.11. The standard InChI is InChI=1S/C15H16ClN3O/c1-3-17-14-8-10(2)18-9-13(14)15(20)19-12-6-4-11(16)5-7-12/h4-9H,3H2,1-2H3,(H,17,18)(H,19,20). The van der Waals surface area contributed by atoms with Crippen LogP contribution in [0.4, 0.5) is 11.4 Å². The van der Waals surface area contributed by atoms with Gasteiger partial charge in [0.15, 0.2) is 0 Å². The average Bonchev–Trinajstić information content (AvgIpc) is 2.42. The predicted octanol–water partition coefficient (Wildman–Crippen LogP) is 3.73. The van der Waals surface area contributed by atoms with Crippen molar-refractivity contribution in [3.8, 4) is 0 Å². The summed E-state index contributed by atoms with van der Waals surface area (Å²) in [4.78, 5) is 16.5. The lowest BCUT2D eigenvalue weighted by atomic mass is 10.2. The largest absolute Gasteiger partial charge is 0.385 e. The number of carbonyl (C=O) groups is 1. The van der Waals surface area contributed by atoms with Crippen molar-refractivity contribution >= 4 is 28.9 Å². The van der Waals surface area contributed by atoms with E-state index in [-0.39, 0.29) is 5.91 Å². The molecule has 104 valence electrons. The molecule has 1 aromatic heterocycles. The lowest BCUT2D eigenvalue weighted by Crippen LogP contribution is -2.15. The van der Waals surface area contributed by atoms with Gasteiger partial charge in [0, 0.05) is 29.1 Å². The number of hydrogen-bond donors (Lipinski definition) is 2. The van der Waals surface area contributed by atoms with Gasteiger partial charge in [-0.1, -0.05) is 11.6 Å². The number of amides is 1. The Morgan fingerprint density at radius 2 is 2.00 bits per heavy atom. The molecule has 0 radical (unpaired) electrons. The Kier molecular flexibility index (Phi) is 4.58. The first-order chi connectivity index (χ1) is 9.60. The Labute approximate surface area is 123 Å². The Morgan fingerprint density at radius 1 is 1.30 bits per heavy atom. The van der Waals surface area contributed by atoms with E-state index in [1.807, 2.05) is 19.9 Å². The maximum absolute atomic E-state index is 12.3. The highest BCUT2D eigenvalue weighted by Gasteiger charge is 2.12. The van der Waals surface area contributed by atoms with Crippen molar-refractivity contribution in [2.45, 2.75) is 13.8 Å². The third-order valence-electron chi connectivity index (χ3n) is 2.75. The SMILES string of the molecule is CCNc1cc(C)ncc1C(=O)Nc1ccc(Cl)cc1. The number of aryl methyl sites for hydroxylation is 1. The second kappa shape index (κ2) is 6.39. The molecule has 0 saturated carbocycles. The molecule has 0 aliphatic heterocycles. The number of anilines is 2. The van der Waals surface area contributed by atoms with E-state index in [2.05, 4.69) is 15.6 Å². The van der Waals surface area contributed by atoms with Gasteiger partial charge >= 0.3 is 0 Å². The van der Waals surface area contributed by atoms with Crippen molar-refractivity contribution in [1.82, 2.24) is 4.98 Å². The zero-order valence-corrected chi connectivity index (χ0v) is 12.2. The maximum Gasteiger partial charge on any atom is 0.259 e. The van der Waals surface area contributed by atoms with Gasteiger partial charge in [0.05, 0.1) is 11.3 Å². The molecular weight excluding hydrogens is 274 g/mol. The van der Waals surface area contributed by atoms with Crippen molar-refractivity contribution in [2.75, 3.05) is 17.2 Å². The van der Waals surface area contributed by atoms with Crippen LogP contribution in [0.15, 0.2) is 36.5 Å². The first-order valence-corrected chi connectivity index (χ1v) is 6.75. The summed E-state index contributed by atoms with van der Waals surface area (Å²) in [6.45, 7) is 4.61. The van der Waals surface area contributed by atoms with E-state index in [0.717, 1.165) is 17.9 Å². The fraction of sp³-hybridized carbons (Fsp3) is 0.200. The smallest absolute Gasteiger partial charge is 0.259 e. The highest BCUT2D eigenvalue weighted by molar-refractivity contribution is 6.30. The molecule has 0 unspecified atom stereocenters. The molecule has 0 aliphatic rings. The van der Waals surface area contributed by atoms with Crippen LogP contribution in [0.1, 0.15) is 23.0 Å². The minimum absolute atomic E-state index is 0.198. The molecule has 2 N–H and O–H groups in total. The average molecular weight is 290 g/mol. The topological polar surface area (TPSA) is 54.0 Å². The van der Waals surface area contributed by atoms with Gasteiger partial charge in [-0.3, -0.25) is 9.78 Å². The molecule has 2 rings (SSSR count). The van der Waals surface area contributed by atoms with Gasteiger partial charge in [-0.25, -0.2) is 0 Å². The van der Waals surface area contributed by atoms with Crippen LogP contribution < -0.4 is 10.6 Å². The van der Waals surface area contributed by atoms with Crippen molar-refractivity contribution in [3.63, 3.8) is 0 Å². The van der Waals surface area contributed by atoms with E-state index < -0.39 is 0 Å². The summed E-state index contributed by atoms with van der Waals surface area (Å²) in [5.74, 6) is -0.198. The van der Waals surface area contributed by atoms with Gasteiger partial charge in [-0.2, -0.15) is 0 Å². The van der Waals surface area contributed by atoms with Crippen LogP contribution in [-0.4, -0.2) is 17.4 Å². The number of halogens is 1. The quantitative estimate of drug-likeness (QED) is 0.902. The predicted molar refractivity (Wildman–Crippen MR) is 82.5 cm³/mol. The highest BCUT2D eigenvalue weighted by Crippen LogP contribution is 2.19. The zero-order valence-electron chi connectivity index (χ0n) is 11.4. The Morgan fingerprint density at radius 3 is 2.65 bits per heavy atom. The van der Waals surface area contributed by atoms with Crippen molar-refractivity contribution < 1.29 is 4.79 Å². The lowest BCUT2D eigenvalue weighted by molar-refractivity contribution is 0.102. The molecule has 0 saturated heterocycles. The first-order valence-electron chi connectivity index (χ1n) is 6.37. The normalized spacial score (nSPS) is 10.2. The van der Waals surface area contributed by atoms with E-state index in [9.17, 15) is 4.79 Å². The molecule has 20 heavy (non-hydrogen) atoms. The Hall–Kier alpha value is -2.07. The number of nitrogens with zero attached hydrogens (tertiary/aromatic N) is 1. The van der Waals surface area contributed by atoms with E-state index in [4.69, 9.17) is 11.6 Å². The van der Waals surface area contributed by atoms with Crippen LogP contribution in [0.3, 0.4) is 0 Å². The maximum atomic E-state index is 12.3. The van der Waals surface area contributed by atoms with Gasteiger partial charge in [-0.05, 0) is 44.2 Å². The van der Waals surface area contributed by atoms with Crippen molar-refractivity contribution in [2.24, 2.45) is 0 Å². The molecule has 1 aromatic carbocycles. The number of pyridine rings is 1. The fourth-order valence-electron chi connectivity index (χ4n) is 1.81. The summed E-state index contributed by atoms with van der Waals surface area (Å²) in [6, 6.07) is 8.84. The number of nitrogens with one attached hydrogen (secondary N) is 2. The van der Waals surface area contributed by atoms with E-state index in [1.165, 1.54) is 0 Å². The summed E-state index contributed by atoms with van der Waals surface area (Å²) in [5.41, 5.74) is 2.87. The second-order valence-corrected chi connectivity index (χ2v) is 4.80. The summed E-state index contributed by atoms with van der Waals surface area (Å²) in [6.07, 6.45) is 1.58. The highest BCUT2D eigenvalue weighted by atomic mass is 35.5.